The van der Waals surface area contributed by atoms with Crippen molar-refractivity contribution in [3.05, 3.63) is 69.0 Å². The molecule has 0 aliphatic carbocycles. The second kappa shape index (κ2) is 9.99. The number of benzene rings is 1. The van der Waals surface area contributed by atoms with E-state index >= 15 is 0 Å². The molecule has 1 fully saturated rings. The molecule has 0 spiro atoms. The minimum atomic E-state index is -0.507. The van der Waals surface area contributed by atoms with E-state index in [-0.39, 0.29) is 42.7 Å². The molecule has 0 bridgehead atoms. The molecule has 1 aliphatic heterocycles. The minimum Gasteiger partial charge on any atom is -0.383 e. The average molecular weight is 428 g/mol. The molecule has 2 aromatic rings. The molecule has 156 valence electrons. The summed E-state index contributed by atoms with van der Waals surface area (Å²) >= 11 is 0.867. The fraction of sp³-hybridized carbons (Fsp3) is 0.250. The molecule has 3 rings (SSSR count). The van der Waals surface area contributed by atoms with Crippen LogP contribution in [0.1, 0.15) is 16.1 Å². The van der Waals surface area contributed by atoms with Crippen LogP contribution >= 0.6 is 11.8 Å². The minimum absolute atomic E-state index is 0.0336. The van der Waals surface area contributed by atoms with Gasteiger partial charge in [-0.2, -0.15) is 5.10 Å². The van der Waals surface area contributed by atoms with E-state index in [1.807, 2.05) is 30.3 Å². The molecular formula is C20H20N4O5S. The predicted molar refractivity (Wildman–Crippen MR) is 112 cm³/mol. The van der Waals surface area contributed by atoms with Gasteiger partial charge in [0.1, 0.15) is 5.69 Å². The molecule has 1 aromatic carbocycles. The first-order valence-corrected chi connectivity index (χ1v) is 9.97. The van der Waals surface area contributed by atoms with Gasteiger partial charge in [0.25, 0.3) is 22.6 Å². The van der Waals surface area contributed by atoms with Crippen LogP contribution in [0.15, 0.2) is 52.2 Å². The summed E-state index contributed by atoms with van der Waals surface area (Å²) in [4.78, 5) is 50.1. The van der Waals surface area contributed by atoms with Crippen molar-refractivity contribution in [2.75, 3.05) is 26.8 Å². The summed E-state index contributed by atoms with van der Waals surface area (Å²) in [5.41, 5.74) is 0.543. The number of nitrogens with zero attached hydrogens (tertiary/aromatic N) is 3. The van der Waals surface area contributed by atoms with Crippen LogP contribution in [-0.4, -0.2) is 58.5 Å². The highest BCUT2D eigenvalue weighted by Gasteiger charge is 2.34. The molecule has 3 amide bonds. The number of nitrogens with one attached hydrogen (secondary N) is 1. The first-order chi connectivity index (χ1) is 14.5. The number of thioether (sulfide) groups is 1. The molecule has 0 saturated carbocycles. The number of amides is 3. The van der Waals surface area contributed by atoms with Crippen molar-refractivity contribution in [1.29, 1.82) is 0 Å². The molecule has 9 nitrogen and oxygen atoms in total. The van der Waals surface area contributed by atoms with E-state index in [9.17, 15) is 19.2 Å². The van der Waals surface area contributed by atoms with Gasteiger partial charge >= 0.3 is 0 Å². The van der Waals surface area contributed by atoms with Gasteiger partial charge in [-0.1, -0.05) is 30.3 Å². The number of methoxy groups -OCH3 is 1. The van der Waals surface area contributed by atoms with E-state index in [1.54, 1.807) is 6.08 Å². The van der Waals surface area contributed by atoms with E-state index < -0.39 is 11.8 Å². The van der Waals surface area contributed by atoms with Gasteiger partial charge in [-0.15, -0.1) is 0 Å². The predicted octanol–water partition coefficient (Wildman–Crippen LogP) is 1.36. The van der Waals surface area contributed by atoms with Gasteiger partial charge in [0, 0.05) is 26.3 Å². The smallest absolute Gasteiger partial charge is 0.293 e. The molecule has 1 saturated heterocycles. The molecule has 1 N–H and O–H groups in total. The third-order valence-corrected chi connectivity index (χ3v) is 5.11. The average Bonchev–Trinajstić information content (AvgIpc) is 3.01. The normalized spacial score (nSPS) is 15.1. The number of hydrogen-bond acceptors (Lipinski definition) is 7. The highest BCUT2D eigenvalue weighted by Crippen LogP contribution is 2.31. The number of hydrogen-bond donors (Lipinski definition) is 1. The van der Waals surface area contributed by atoms with Gasteiger partial charge in [-0.25, -0.2) is 4.68 Å². The van der Waals surface area contributed by atoms with E-state index in [2.05, 4.69) is 10.4 Å². The van der Waals surface area contributed by atoms with Gasteiger partial charge in [0.2, 0.25) is 0 Å². The third-order valence-electron chi connectivity index (χ3n) is 4.20. The first-order valence-electron chi connectivity index (χ1n) is 9.15. The third kappa shape index (κ3) is 5.22. The van der Waals surface area contributed by atoms with Gasteiger partial charge in [-0.3, -0.25) is 24.1 Å². The number of aromatic nitrogens is 2. The second-order valence-corrected chi connectivity index (χ2v) is 7.27. The summed E-state index contributed by atoms with van der Waals surface area (Å²) < 4.78 is 6.06. The lowest BCUT2D eigenvalue weighted by atomic mass is 10.2. The Hall–Kier alpha value is -3.24. The Morgan fingerprint density at radius 1 is 1.13 bits per heavy atom. The Bertz CT molecular complexity index is 1030. The summed E-state index contributed by atoms with van der Waals surface area (Å²) in [6.07, 6.45) is 1.66. The van der Waals surface area contributed by atoms with E-state index in [0.717, 1.165) is 26.9 Å². The zero-order valence-electron chi connectivity index (χ0n) is 16.2. The molecule has 1 aliphatic rings. The van der Waals surface area contributed by atoms with Crippen molar-refractivity contribution in [2.45, 2.75) is 6.54 Å². The second-order valence-electron chi connectivity index (χ2n) is 6.27. The van der Waals surface area contributed by atoms with Crippen LogP contribution in [0.5, 0.6) is 0 Å². The number of imide groups is 1. The number of rotatable bonds is 8. The van der Waals surface area contributed by atoms with Crippen molar-refractivity contribution in [3.63, 3.8) is 0 Å². The van der Waals surface area contributed by atoms with Crippen LogP contribution < -0.4 is 10.9 Å². The van der Waals surface area contributed by atoms with Crippen molar-refractivity contribution >= 4 is 34.9 Å². The number of carbonyl (C=O) groups is 3. The van der Waals surface area contributed by atoms with Gasteiger partial charge in [-0.05, 0) is 29.5 Å². The summed E-state index contributed by atoms with van der Waals surface area (Å²) in [6.45, 7) is 0.606. The van der Waals surface area contributed by atoms with Crippen molar-refractivity contribution < 1.29 is 19.1 Å². The fourth-order valence-electron chi connectivity index (χ4n) is 2.67. The van der Waals surface area contributed by atoms with Crippen LogP contribution in [0.25, 0.3) is 6.08 Å². The lowest BCUT2D eigenvalue weighted by Gasteiger charge is -2.13. The van der Waals surface area contributed by atoms with E-state index in [0.29, 0.717) is 4.91 Å². The maximum atomic E-state index is 12.5. The Labute approximate surface area is 176 Å². The van der Waals surface area contributed by atoms with Gasteiger partial charge in [0.15, 0.2) is 0 Å². The maximum absolute atomic E-state index is 12.5. The zero-order chi connectivity index (χ0) is 21.5. The molecule has 1 aromatic heterocycles. The molecule has 0 atom stereocenters. The summed E-state index contributed by atoms with van der Waals surface area (Å²) in [7, 11) is 1.50. The summed E-state index contributed by atoms with van der Waals surface area (Å²) in [5, 5.41) is 6.23. The number of ether oxygens (including phenoxy) is 1. The van der Waals surface area contributed by atoms with Crippen LogP contribution in [0.3, 0.4) is 0 Å². The SMILES string of the molecule is COCCn1nc(C(=O)NCCN2C(=O)S/C(=C\c3ccccc3)C2=O)ccc1=O. The van der Waals surface area contributed by atoms with E-state index in [4.69, 9.17) is 4.74 Å². The summed E-state index contributed by atoms with van der Waals surface area (Å²) in [5.74, 6) is -0.901. The Morgan fingerprint density at radius 3 is 2.63 bits per heavy atom. The molecule has 30 heavy (non-hydrogen) atoms. The first kappa shape index (κ1) is 21.5. The molecule has 2 heterocycles. The van der Waals surface area contributed by atoms with Crippen molar-refractivity contribution in [1.82, 2.24) is 20.0 Å². The Kier molecular flexibility index (Phi) is 7.15. The lowest BCUT2D eigenvalue weighted by Crippen LogP contribution is -2.38. The van der Waals surface area contributed by atoms with Crippen LogP contribution in [0, 0.1) is 0 Å². The molecule has 0 unspecified atom stereocenters. The zero-order valence-corrected chi connectivity index (χ0v) is 17.1. The van der Waals surface area contributed by atoms with Gasteiger partial charge in [0.05, 0.1) is 18.1 Å². The monoisotopic (exact) mass is 428 g/mol. The van der Waals surface area contributed by atoms with E-state index in [1.165, 1.54) is 19.2 Å². The Morgan fingerprint density at radius 2 is 1.90 bits per heavy atom. The largest absolute Gasteiger partial charge is 0.383 e. The number of carbonyl (C=O) groups excluding carboxylic acids is 3. The Balaban J connectivity index is 1.58. The highest BCUT2D eigenvalue weighted by atomic mass is 32.2. The molecule has 10 heteroatoms. The van der Waals surface area contributed by atoms with Crippen molar-refractivity contribution in [2.24, 2.45) is 0 Å². The summed E-state index contributed by atoms with van der Waals surface area (Å²) in [6, 6.07) is 11.8. The van der Waals surface area contributed by atoms with Gasteiger partial charge < -0.3 is 10.1 Å². The standard InChI is InChI=1S/C20H20N4O5S/c1-29-12-11-24-17(25)8-7-15(22-24)18(26)21-9-10-23-19(27)16(30-20(23)28)13-14-5-3-2-4-6-14/h2-8,13H,9-12H2,1H3,(H,21,26)/b16-13-. The topological polar surface area (TPSA) is 111 Å². The van der Waals surface area contributed by atoms with Crippen molar-refractivity contribution in [3.8, 4) is 0 Å². The highest BCUT2D eigenvalue weighted by molar-refractivity contribution is 8.18. The lowest BCUT2D eigenvalue weighted by molar-refractivity contribution is -0.122. The maximum Gasteiger partial charge on any atom is 0.293 e. The fourth-order valence-corrected chi connectivity index (χ4v) is 3.54. The van der Waals surface area contributed by atoms with Crippen LogP contribution in [-0.2, 0) is 16.1 Å². The quantitative estimate of drug-likeness (QED) is 0.632. The van der Waals surface area contributed by atoms with Crippen LogP contribution in [0.4, 0.5) is 4.79 Å². The molecule has 0 radical (unpaired) electrons. The molecular weight excluding hydrogens is 408 g/mol. The van der Waals surface area contributed by atoms with Crippen LogP contribution in [0.2, 0.25) is 0 Å².